The van der Waals surface area contributed by atoms with Crippen molar-refractivity contribution >= 4 is 30.2 Å². The first-order chi connectivity index (χ1) is 21.7. The lowest BCUT2D eigenvalue weighted by Gasteiger charge is -2.37. The molecule has 0 radical (unpaired) electrons. The molecule has 0 N–H and O–H groups in total. The van der Waals surface area contributed by atoms with Crippen molar-refractivity contribution in [2.24, 2.45) is 0 Å². The van der Waals surface area contributed by atoms with Gasteiger partial charge in [0.05, 0.1) is 14.1 Å². The molecule has 3 heteroatoms. The molecule has 222 valence electrons. The van der Waals surface area contributed by atoms with Crippen molar-refractivity contribution in [3.8, 4) is 28.0 Å². The number of ether oxygens (including phenoxy) is 1. The first-order valence-corrected chi connectivity index (χ1v) is 19.6. The smallest absolute Gasteiger partial charge is 0.149 e. The van der Waals surface area contributed by atoms with Crippen LogP contribution in [-0.2, 0) is 5.41 Å². The monoisotopic (exact) mass is 601 g/mol. The second kappa shape index (κ2) is 10.2. The summed E-state index contributed by atoms with van der Waals surface area (Å²) in [5.41, 5.74) is 12.7. The van der Waals surface area contributed by atoms with Crippen LogP contribution < -0.4 is 14.8 Å². The highest BCUT2D eigenvalue weighted by Crippen LogP contribution is 2.51. The molecule has 0 saturated carbocycles. The van der Waals surface area contributed by atoms with Gasteiger partial charge in [-0.25, -0.2) is 0 Å². The quantitative estimate of drug-likeness (QED) is 0.186. The van der Waals surface area contributed by atoms with Crippen molar-refractivity contribution in [2.45, 2.75) is 51.0 Å². The topological polar surface area (TPSA) is 12.5 Å². The maximum absolute atomic E-state index is 7.06. The van der Waals surface area contributed by atoms with Gasteiger partial charge in [0.2, 0.25) is 0 Å². The van der Waals surface area contributed by atoms with Crippen LogP contribution in [0.15, 0.2) is 133 Å². The van der Waals surface area contributed by atoms with Crippen LogP contribution in [0.2, 0.25) is 19.6 Å². The fourth-order valence-corrected chi connectivity index (χ4v) is 9.11. The fraction of sp³-hybridized carbons (Fsp3) is 0.190. The normalized spacial score (nSPS) is 18.7. The largest absolute Gasteiger partial charge is 0.483 e. The lowest BCUT2D eigenvalue weighted by molar-refractivity contribution is 0.260. The van der Waals surface area contributed by atoms with E-state index in [1.165, 1.54) is 55.4 Å². The van der Waals surface area contributed by atoms with Gasteiger partial charge in [-0.1, -0.05) is 143 Å². The molecule has 5 aromatic carbocycles. The van der Waals surface area contributed by atoms with Crippen molar-refractivity contribution in [3.05, 3.63) is 150 Å². The highest BCUT2D eigenvalue weighted by Gasteiger charge is 2.42. The minimum atomic E-state index is -1.62. The predicted molar refractivity (Wildman–Crippen MR) is 193 cm³/mol. The third-order valence-corrected chi connectivity index (χ3v) is 12.0. The van der Waals surface area contributed by atoms with Gasteiger partial charge in [-0.2, -0.15) is 0 Å². The average Bonchev–Trinajstić information content (AvgIpc) is 3.54. The Morgan fingerprint density at radius 3 is 2.09 bits per heavy atom. The summed E-state index contributed by atoms with van der Waals surface area (Å²) in [5.74, 6) is 1.09. The zero-order valence-corrected chi connectivity index (χ0v) is 27.7. The van der Waals surface area contributed by atoms with Crippen LogP contribution in [0.5, 0.6) is 5.75 Å². The van der Waals surface area contributed by atoms with Crippen molar-refractivity contribution in [3.63, 3.8) is 0 Å². The van der Waals surface area contributed by atoms with Crippen LogP contribution in [0.4, 0.5) is 11.4 Å². The molecule has 0 fully saturated rings. The summed E-state index contributed by atoms with van der Waals surface area (Å²) in [4.78, 5) is 2.50. The molecule has 45 heavy (non-hydrogen) atoms. The fourth-order valence-electron chi connectivity index (χ4n) is 7.64. The van der Waals surface area contributed by atoms with Gasteiger partial charge in [-0.05, 0) is 62.8 Å². The summed E-state index contributed by atoms with van der Waals surface area (Å²) in [6.45, 7) is 11.9. The number of anilines is 2. The average molecular weight is 602 g/mol. The zero-order chi connectivity index (χ0) is 30.9. The molecule has 2 aliphatic carbocycles. The van der Waals surface area contributed by atoms with E-state index in [9.17, 15) is 0 Å². The number of rotatable bonds is 5. The molecule has 8 rings (SSSR count). The van der Waals surface area contributed by atoms with E-state index >= 15 is 0 Å². The molecule has 3 aliphatic rings. The van der Waals surface area contributed by atoms with Gasteiger partial charge < -0.3 is 9.64 Å². The van der Waals surface area contributed by atoms with Gasteiger partial charge in [0.1, 0.15) is 11.9 Å². The minimum absolute atomic E-state index is 0.0144. The number of nitrogens with zero attached hydrogens (tertiary/aromatic N) is 1. The van der Waals surface area contributed by atoms with E-state index in [0.717, 1.165) is 11.4 Å². The molecular formula is C42H39NOSi. The molecule has 1 heterocycles. The van der Waals surface area contributed by atoms with Gasteiger partial charge in [-0.15, -0.1) is 0 Å². The Labute approximate surface area is 268 Å². The van der Waals surface area contributed by atoms with Crippen LogP contribution in [0.25, 0.3) is 27.8 Å². The van der Waals surface area contributed by atoms with Crippen LogP contribution in [-0.4, -0.2) is 20.2 Å². The summed E-state index contributed by atoms with van der Waals surface area (Å²) < 4.78 is 7.06. The second-order valence-electron chi connectivity index (χ2n) is 14.2. The van der Waals surface area contributed by atoms with Crippen molar-refractivity contribution in [1.29, 1.82) is 0 Å². The van der Waals surface area contributed by atoms with Gasteiger partial charge in [0.25, 0.3) is 0 Å². The molecule has 5 aromatic rings. The maximum Gasteiger partial charge on any atom is 0.149 e. The second-order valence-corrected chi connectivity index (χ2v) is 19.2. The van der Waals surface area contributed by atoms with E-state index in [2.05, 4.69) is 172 Å². The van der Waals surface area contributed by atoms with Gasteiger partial charge in [0, 0.05) is 27.9 Å². The van der Waals surface area contributed by atoms with Crippen molar-refractivity contribution in [2.75, 3.05) is 4.90 Å². The number of benzene rings is 5. The minimum Gasteiger partial charge on any atom is -0.483 e. The lowest BCUT2D eigenvalue weighted by atomic mass is 9.82. The molecule has 0 bridgehead atoms. The molecule has 0 amide bonds. The van der Waals surface area contributed by atoms with E-state index in [-0.39, 0.29) is 17.6 Å². The molecule has 0 spiro atoms. The van der Waals surface area contributed by atoms with Crippen LogP contribution in [0, 0.1) is 0 Å². The first-order valence-electron chi connectivity index (χ1n) is 16.1. The van der Waals surface area contributed by atoms with Gasteiger partial charge in [-0.3, -0.25) is 0 Å². The number of para-hydroxylation sites is 1. The van der Waals surface area contributed by atoms with Crippen LogP contribution in [0.1, 0.15) is 30.5 Å². The van der Waals surface area contributed by atoms with E-state index in [1.54, 1.807) is 0 Å². The number of hydrogen-bond acceptors (Lipinski definition) is 2. The third kappa shape index (κ3) is 4.44. The van der Waals surface area contributed by atoms with E-state index in [1.807, 2.05) is 0 Å². The zero-order valence-electron chi connectivity index (χ0n) is 26.7. The molecule has 2 atom stereocenters. The number of hydrogen-bond donors (Lipinski definition) is 0. The predicted octanol–water partition coefficient (Wildman–Crippen LogP) is 10.1. The Hall–Kier alpha value is -4.60. The SMILES string of the molecule is CC1(C)c2ccccc2-c2ccc(N(c3ccc(-c4ccccc4)cc3)C3C=CC=C4c5cccc([Si](C)(C)C)c5OC43)cc21. The highest BCUT2D eigenvalue weighted by atomic mass is 28.3. The molecule has 2 unspecified atom stereocenters. The Balaban J connectivity index is 1.26. The molecule has 1 aliphatic heterocycles. The molecular weight excluding hydrogens is 563 g/mol. The Bertz CT molecular complexity index is 2000. The van der Waals surface area contributed by atoms with Crippen LogP contribution in [0.3, 0.4) is 0 Å². The Morgan fingerprint density at radius 2 is 1.31 bits per heavy atom. The molecule has 0 saturated heterocycles. The van der Waals surface area contributed by atoms with Crippen molar-refractivity contribution < 1.29 is 4.74 Å². The summed E-state index contributed by atoms with van der Waals surface area (Å²) in [7, 11) is -1.62. The molecule has 0 aromatic heterocycles. The Kier molecular flexibility index (Phi) is 6.34. The third-order valence-electron chi connectivity index (χ3n) is 9.98. The van der Waals surface area contributed by atoms with E-state index in [0.29, 0.717) is 0 Å². The number of fused-ring (bicyclic) bond motifs is 6. The summed E-state index contributed by atoms with van der Waals surface area (Å²) in [6, 6.07) is 42.4. The first kappa shape index (κ1) is 27.9. The standard InChI is InChI=1S/C42H39NOSi/c1-42(2)36-18-10-9-15-32(36)33-26-25-31(27-37(33)42)43(30-23-21-29(22-24-30)28-13-7-6-8-14-28)38-19-11-16-34-35-17-12-20-39(45(3,4)5)41(35)44-40(34)38/h6-27,38,40H,1-5H3. The van der Waals surface area contributed by atoms with Gasteiger partial charge in [0.15, 0.2) is 0 Å². The van der Waals surface area contributed by atoms with Crippen LogP contribution >= 0.6 is 0 Å². The summed E-state index contributed by atoms with van der Waals surface area (Å²) in [5, 5.41) is 1.39. The molecule has 2 nitrogen and oxygen atoms in total. The van der Waals surface area contributed by atoms with Crippen molar-refractivity contribution in [1.82, 2.24) is 0 Å². The highest BCUT2D eigenvalue weighted by molar-refractivity contribution is 6.89. The maximum atomic E-state index is 7.06. The number of allylic oxidation sites excluding steroid dienone is 2. The van der Waals surface area contributed by atoms with E-state index < -0.39 is 8.07 Å². The van der Waals surface area contributed by atoms with Gasteiger partial charge >= 0.3 is 0 Å². The summed E-state index contributed by atoms with van der Waals surface area (Å²) in [6.07, 6.45) is 6.72. The Morgan fingerprint density at radius 1 is 0.644 bits per heavy atom. The van der Waals surface area contributed by atoms with E-state index in [4.69, 9.17) is 4.74 Å². The summed E-state index contributed by atoms with van der Waals surface area (Å²) >= 11 is 0. The lowest BCUT2D eigenvalue weighted by Crippen LogP contribution is -2.44.